The maximum atomic E-state index is 12.9. The molecule has 1 aliphatic heterocycles. The van der Waals surface area contributed by atoms with Crippen LogP contribution in [0.4, 0.5) is 4.39 Å². The maximum absolute atomic E-state index is 12.9. The van der Waals surface area contributed by atoms with Gasteiger partial charge in [-0.15, -0.1) is 0 Å². The van der Waals surface area contributed by atoms with E-state index in [1.165, 1.54) is 32.1 Å². The van der Waals surface area contributed by atoms with Crippen LogP contribution in [0.5, 0.6) is 0 Å². The first-order valence-corrected chi connectivity index (χ1v) is 7.76. The van der Waals surface area contributed by atoms with Crippen LogP contribution in [0.2, 0.25) is 0 Å². The van der Waals surface area contributed by atoms with Crippen LogP contribution in [0.25, 0.3) is 0 Å². The van der Waals surface area contributed by atoms with E-state index in [1.807, 2.05) is 0 Å². The molecule has 2 nitrogen and oxygen atoms in total. The number of hydrogen-bond acceptors (Lipinski definition) is 2. The minimum atomic E-state index is -0.203. The quantitative estimate of drug-likeness (QED) is 0.831. The summed E-state index contributed by atoms with van der Waals surface area (Å²) in [7, 11) is 0. The van der Waals surface area contributed by atoms with Crippen LogP contribution < -0.4 is 5.32 Å². The maximum Gasteiger partial charge on any atom is 0.102 e. The summed E-state index contributed by atoms with van der Waals surface area (Å²) in [5, 5.41) is 3.82. The lowest BCUT2D eigenvalue weighted by molar-refractivity contribution is -0.0245. The van der Waals surface area contributed by atoms with E-state index < -0.39 is 0 Å². The van der Waals surface area contributed by atoms with E-state index in [2.05, 4.69) is 24.1 Å². The molecular formula is C15H29FN2. The fourth-order valence-electron chi connectivity index (χ4n) is 3.90. The normalized spacial score (nSPS) is 27.5. The molecule has 1 N–H and O–H groups in total. The number of rotatable bonds is 4. The van der Waals surface area contributed by atoms with Crippen molar-refractivity contribution in [3.63, 3.8) is 0 Å². The minimum Gasteiger partial charge on any atom is -0.308 e. The first kappa shape index (κ1) is 14.3. The summed E-state index contributed by atoms with van der Waals surface area (Å²) in [6, 6.07) is 0. The van der Waals surface area contributed by atoms with Crippen LogP contribution in [-0.4, -0.2) is 42.3 Å². The fraction of sp³-hybridized carbons (Fsp3) is 1.00. The van der Waals surface area contributed by atoms with Crippen molar-refractivity contribution >= 4 is 0 Å². The first-order chi connectivity index (χ1) is 8.70. The second-order valence-corrected chi connectivity index (χ2v) is 6.24. The van der Waals surface area contributed by atoms with Gasteiger partial charge in [0.15, 0.2) is 0 Å². The highest BCUT2D eigenvalue weighted by Crippen LogP contribution is 2.38. The van der Waals surface area contributed by atoms with Crippen molar-refractivity contribution in [3.05, 3.63) is 0 Å². The van der Waals surface area contributed by atoms with Gasteiger partial charge < -0.3 is 5.32 Å². The van der Waals surface area contributed by atoms with Gasteiger partial charge >= 0.3 is 0 Å². The number of hydrogen-bond donors (Lipinski definition) is 1. The monoisotopic (exact) mass is 256 g/mol. The molecule has 1 saturated carbocycles. The summed E-state index contributed by atoms with van der Waals surface area (Å²) in [4.78, 5) is 2.48. The zero-order chi connectivity index (χ0) is 13.1. The molecule has 0 aromatic heterocycles. The van der Waals surface area contributed by atoms with E-state index in [4.69, 9.17) is 0 Å². The molecule has 2 fully saturated rings. The summed E-state index contributed by atoms with van der Waals surface area (Å²) in [6.07, 6.45) is 8.78. The number of alkyl halides is 1. The van der Waals surface area contributed by atoms with E-state index in [0.29, 0.717) is 6.54 Å². The summed E-state index contributed by atoms with van der Waals surface area (Å²) in [5.74, 6) is 0. The molecule has 18 heavy (non-hydrogen) atoms. The molecule has 0 amide bonds. The third-order valence-corrected chi connectivity index (χ3v) is 5.45. The van der Waals surface area contributed by atoms with Crippen molar-refractivity contribution in [3.8, 4) is 0 Å². The molecule has 0 bridgehead atoms. The van der Waals surface area contributed by atoms with Gasteiger partial charge in [-0.2, -0.15) is 0 Å². The molecule has 0 aromatic rings. The Balaban J connectivity index is 2.13. The summed E-state index contributed by atoms with van der Waals surface area (Å²) < 4.78 is 12.9. The molecule has 1 spiro atoms. The first-order valence-electron chi connectivity index (χ1n) is 7.76. The average molecular weight is 256 g/mol. The van der Waals surface area contributed by atoms with Gasteiger partial charge in [0.05, 0.1) is 0 Å². The third-order valence-electron chi connectivity index (χ3n) is 5.45. The number of halogens is 1. The molecule has 0 radical (unpaired) electrons. The lowest BCUT2D eigenvalue weighted by atomic mass is 9.75. The number of piperazine rings is 1. The Morgan fingerprint density at radius 3 is 2.33 bits per heavy atom. The Hall–Kier alpha value is -0.150. The van der Waals surface area contributed by atoms with E-state index in [9.17, 15) is 4.39 Å². The van der Waals surface area contributed by atoms with E-state index in [-0.39, 0.29) is 17.8 Å². The average Bonchev–Trinajstić information content (AvgIpc) is 2.43. The number of nitrogens with zero attached hydrogens (tertiary/aromatic N) is 1. The van der Waals surface area contributed by atoms with Gasteiger partial charge in [0.1, 0.15) is 6.67 Å². The predicted molar refractivity (Wildman–Crippen MR) is 74.7 cm³/mol. The largest absolute Gasteiger partial charge is 0.308 e. The molecule has 1 aliphatic carbocycles. The molecule has 1 saturated heterocycles. The third kappa shape index (κ3) is 2.57. The molecule has 1 heterocycles. The lowest BCUT2D eigenvalue weighted by Crippen LogP contribution is -2.70. The van der Waals surface area contributed by atoms with E-state index >= 15 is 0 Å². The van der Waals surface area contributed by atoms with Crippen LogP contribution in [0.3, 0.4) is 0 Å². The molecule has 3 heteroatoms. The number of nitrogens with one attached hydrogen (secondary N) is 1. The van der Waals surface area contributed by atoms with E-state index in [0.717, 1.165) is 25.9 Å². The highest BCUT2D eigenvalue weighted by atomic mass is 19.1. The second-order valence-electron chi connectivity index (χ2n) is 6.24. The molecule has 0 aromatic carbocycles. The van der Waals surface area contributed by atoms with Crippen LogP contribution in [-0.2, 0) is 0 Å². The zero-order valence-corrected chi connectivity index (χ0v) is 12.1. The van der Waals surface area contributed by atoms with Crippen molar-refractivity contribution in [1.29, 1.82) is 0 Å². The molecule has 106 valence electrons. The molecular weight excluding hydrogens is 227 g/mol. The van der Waals surface area contributed by atoms with Crippen molar-refractivity contribution in [1.82, 2.24) is 10.2 Å². The molecule has 2 rings (SSSR count). The fourth-order valence-corrected chi connectivity index (χ4v) is 3.90. The Labute approximate surface area is 111 Å². The molecule has 0 atom stereocenters. The van der Waals surface area contributed by atoms with Crippen molar-refractivity contribution in [2.45, 2.75) is 69.9 Å². The summed E-state index contributed by atoms with van der Waals surface area (Å²) >= 11 is 0. The van der Waals surface area contributed by atoms with Gasteiger partial charge in [0.25, 0.3) is 0 Å². The van der Waals surface area contributed by atoms with Crippen molar-refractivity contribution < 1.29 is 4.39 Å². The van der Waals surface area contributed by atoms with E-state index in [1.54, 1.807) is 0 Å². The van der Waals surface area contributed by atoms with Crippen molar-refractivity contribution in [2.75, 3.05) is 26.3 Å². The SMILES string of the molecule is CCC1(CC)CN(CCF)C2(CCCCC2)CN1. The Morgan fingerprint density at radius 1 is 1.11 bits per heavy atom. The van der Waals surface area contributed by atoms with Crippen molar-refractivity contribution in [2.24, 2.45) is 0 Å². The van der Waals surface area contributed by atoms with Gasteiger partial charge in [0.2, 0.25) is 0 Å². The minimum absolute atomic E-state index is 0.203. The standard InChI is InChI=1S/C15H29FN2/c1-3-14(4-2)13-18(11-10-16)15(12-17-14)8-6-5-7-9-15/h17H,3-13H2,1-2H3. The van der Waals surface area contributed by atoms with Crippen LogP contribution in [0, 0.1) is 0 Å². The van der Waals surface area contributed by atoms with Gasteiger partial charge in [0, 0.05) is 30.7 Å². The Bertz CT molecular complexity index is 257. The zero-order valence-electron chi connectivity index (χ0n) is 12.1. The highest BCUT2D eigenvalue weighted by Gasteiger charge is 2.46. The Kier molecular flexibility index (Phi) is 4.65. The van der Waals surface area contributed by atoms with Crippen LogP contribution in [0.15, 0.2) is 0 Å². The predicted octanol–water partition coefficient (Wildman–Crippen LogP) is 3.12. The highest BCUT2D eigenvalue weighted by molar-refractivity contribution is 5.05. The topological polar surface area (TPSA) is 15.3 Å². The van der Waals surface area contributed by atoms with Gasteiger partial charge in [-0.1, -0.05) is 33.1 Å². The summed E-state index contributed by atoms with van der Waals surface area (Å²) in [6.45, 7) is 7.03. The van der Waals surface area contributed by atoms with Gasteiger partial charge in [-0.3, -0.25) is 4.90 Å². The Morgan fingerprint density at radius 2 is 1.78 bits per heavy atom. The second kappa shape index (κ2) is 5.87. The van der Waals surface area contributed by atoms with Gasteiger partial charge in [-0.05, 0) is 25.7 Å². The van der Waals surface area contributed by atoms with Crippen LogP contribution in [0.1, 0.15) is 58.8 Å². The van der Waals surface area contributed by atoms with Crippen LogP contribution >= 0.6 is 0 Å². The molecule has 0 unspecified atom stereocenters. The smallest absolute Gasteiger partial charge is 0.102 e. The lowest BCUT2D eigenvalue weighted by Gasteiger charge is -2.56. The molecule has 2 aliphatic rings. The van der Waals surface area contributed by atoms with Gasteiger partial charge in [-0.25, -0.2) is 4.39 Å². The summed E-state index contributed by atoms with van der Waals surface area (Å²) in [5.41, 5.74) is 0.482.